The molecule has 190 valence electrons. The largest absolute Gasteiger partial charge is 0.508 e. The van der Waals surface area contributed by atoms with Crippen molar-refractivity contribution >= 4 is 34.4 Å². The van der Waals surface area contributed by atoms with E-state index in [1.807, 2.05) is 0 Å². The van der Waals surface area contributed by atoms with Crippen molar-refractivity contribution < 1.29 is 32.6 Å². The molecule has 0 saturated heterocycles. The normalized spacial score (nSPS) is 11.1. The van der Waals surface area contributed by atoms with Crippen LogP contribution in [0.4, 0.5) is 13.2 Å². The fourth-order valence-corrected chi connectivity index (χ4v) is 4.23. The van der Waals surface area contributed by atoms with Crippen molar-refractivity contribution in [2.75, 3.05) is 7.11 Å². The maximum Gasteiger partial charge on any atom is 0.337 e. The van der Waals surface area contributed by atoms with Gasteiger partial charge in [-0.15, -0.1) is 0 Å². The summed E-state index contributed by atoms with van der Waals surface area (Å²) in [7, 11) is 1.26. The first-order valence-corrected chi connectivity index (χ1v) is 11.5. The number of methoxy groups -OCH3 is 1. The molecule has 10 heteroatoms. The Balaban J connectivity index is 1.72. The number of hydrogen-bond acceptors (Lipinski definition) is 5. The second kappa shape index (κ2) is 9.68. The lowest BCUT2D eigenvalue weighted by molar-refractivity contribution is 0.0600. The number of aromatic hydroxyl groups is 1. The van der Waals surface area contributed by atoms with Crippen molar-refractivity contribution in [2.24, 2.45) is 0 Å². The molecule has 5 rings (SSSR count). The summed E-state index contributed by atoms with van der Waals surface area (Å²) in [6, 6.07) is 18.4. The summed E-state index contributed by atoms with van der Waals surface area (Å²) in [5.74, 6) is -6.72. The number of benzene rings is 4. The van der Waals surface area contributed by atoms with E-state index < -0.39 is 39.9 Å². The summed E-state index contributed by atoms with van der Waals surface area (Å²) in [4.78, 5) is 25.3. The van der Waals surface area contributed by atoms with Crippen molar-refractivity contribution in [1.82, 2.24) is 9.78 Å². The highest BCUT2D eigenvalue weighted by molar-refractivity contribution is 6.31. The van der Waals surface area contributed by atoms with Crippen LogP contribution in [-0.4, -0.2) is 33.9 Å². The van der Waals surface area contributed by atoms with Crippen molar-refractivity contribution in [3.63, 3.8) is 0 Å². The highest BCUT2D eigenvalue weighted by atomic mass is 35.5. The third-order valence-electron chi connectivity index (χ3n) is 5.99. The Morgan fingerprint density at radius 1 is 0.842 bits per heavy atom. The molecule has 0 saturated carbocycles. The summed E-state index contributed by atoms with van der Waals surface area (Å²) in [5, 5.41) is 13.7. The Hall–Kier alpha value is -4.63. The molecule has 0 aliphatic carbocycles. The Kier molecular flexibility index (Phi) is 6.38. The molecule has 0 aliphatic rings. The van der Waals surface area contributed by atoms with E-state index in [0.717, 1.165) is 4.68 Å². The molecule has 5 aromatic rings. The Morgan fingerprint density at radius 3 is 2.13 bits per heavy atom. The predicted molar refractivity (Wildman–Crippen MR) is 135 cm³/mol. The van der Waals surface area contributed by atoms with Gasteiger partial charge in [0.15, 0.2) is 17.5 Å². The van der Waals surface area contributed by atoms with E-state index in [0.29, 0.717) is 39.4 Å². The summed E-state index contributed by atoms with van der Waals surface area (Å²) in [6.45, 7) is 0. The lowest BCUT2D eigenvalue weighted by atomic mass is 10.0. The first-order chi connectivity index (χ1) is 18.2. The van der Waals surface area contributed by atoms with Crippen LogP contribution in [0.2, 0.25) is 5.02 Å². The van der Waals surface area contributed by atoms with E-state index in [2.05, 4.69) is 5.10 Å². The van der Waals surface area contributed by atoms with Crippen LogP contribution in [0.3, 0.4) is 0 Å². The summed E-state index contributed by atoms with van der Waals surface area (Å²) in [6.07, 6.45) is 0. The van der Waals surface area contributed by atoms with Crippen LogP contribution < -0.4 is 0 Å². The Morgan fingerprint density at radius 2 is 1.47 bits per heavy atom. The molecule has 0 spiro atoms. The van der Waals surface area contributed by atoms with Crippen LogP contribution in [0.5, 0.6) is 5.75 Å². The van der Waals surface area contributed by atoms with Crippen LogP contribution in [-0.2, 0) is 4.74 Å². The number of hydrogen-bond donors (Lipinski definition) is 1. The van der Waals surface area contributed by atoms with E-state index in [-0.39, 0.29) is 11.3 Å². The highest BCUT2D eigenvalue weighted by Crippen LogP contribution is 2.33. The van der Waals surface area contributed by atoms with Crippen LogP contribution in [0.15, 0.2) is 72.8 Å². The number of rotatable bonds is 4. The summed E-state index contributed by atoms with van der Waals surface area (Å²) in [5.41, 5.74) is 1.92. The van der Waals surface area contributed by atoms with Gasteiger partial charge in [-0.05, 0) is 53.6 Å². The zero-order chi connectivity index (χ0) is 27.1. The minimum absolute atomic E-state index is 0.0680. The minimum atomic E-state index is -1.87. The zero-order valence-corrected chi connectivity index (χ0v) is 20.3. The zero-order valence-electron chi connectivity index (χ0n) is 19.5. The first kappa shape index (κ1) is 25.0. The van der Waals surface area contributed by atoms with E-state index in [4.69, 9.17) is 16.3 Å². The number of ether oxygens (including phenoxy) is 1. The van der Waals surface area contributed by atoms with Crippen molar-refractivity contribution in [3.05, 3.63) is 106 Å². The maximum atomic E-state index is 14.6. The molecule has 1 heterocycles. The number of fused-ring (bicyclic) bond motifs is 1. The van der Waals surface area contributed by atoms with E-state index >= 15 is 0 Å². The number of carbonyl (C=O) groups is 2. The molecule has 0 amide bonds. The number of phenols is 1. The van der Waals surface area contributed by atoms with Crippen molar-refractivity contribution in [1.29, 1.82) is 0 Å². The van der Waals surface area contributed by atoms with Gasteiger partial charge in [-0.3, -0.25) is 4.79 Å². The number of esters is 1. The van der Waals surface area contributed by atoms with E-state index in [9.17, 15) is 27.9 Å². The van der Waals surface area contributed by atoms with Crippen LogP contribution in [0.25, 0.3) is 33.3 Å². The van der Waals surface area contributed by atoms with Gasteiger partial charge in [-0.2, -0.15) is 9.78 Å². The fraction of sp³-hybridized carbons (Fsp3) is 0.0357. The average Bonchev–Trinajstić information content (AvgIpc) is 3.32. The number of nitrogens with zero attached hydrogens (tertiary/aromatic N) is 2. The summed E-state index contributed by atoms with van der Waals surface area (Å²) < 4.78 is 48.1. The van der Waals surface area contributed by atoms with Gasteiger partial charge < -0.3 is 9.84 Å². The van der Waals surface area contributed by atoms with Gasteiger partial charge in [0.25, 0.3) is 5.91 Å². The molecule has 1 N–H and O–H groups in total. The molecule has 38 heavy (non-hydrogen) atoms. The quantitative estimate of drug-likeness (QED) is 0.158. The first-order valence-electron chi connectivity index (χ1n) is 11.1. The summed E-state index contributed by atoms with van der Waals surface area (Å²) >= 11 is 5.69. The van der Waals surface area contributed by atoms with Gasteiger partial charge in [0.1, 0.15) is 11.4 Å². The maximum absolute atomic E-state index is 14.6. The molecule has 0 aliphatic heterocycles. The molecule has 0 atom stereocenters. The molecule has 1 aromatic heterocycles. The molecule has 0 bridgehead atoms. The molecule has 4 aromatic carbocycles. The van der Waals surface area contributed by atoms with Crippen molar-refractivity contribution in [3.8, 4) is 28.1 Å². The average molecular weight is 537 g/mol. The van der Waals surface area contributed by atoms with Gasteiger partial charge >= 0.3 is 5.97 Å². The smallest absolute Gasteiger partial charge is 0.337 e. The molecule has 0 radical (unpaired) electrons. The number of halogens is 4. The second-order valence-corrected chi connectivity index (χ2v) is 8.67. The van der Waals surface area contributed by atoms with Crippen molar-refractivity contribution in [2.45, 2.75) is 0 Å². The third kappa shape index (κ3) is 4.26. The minimum Gasteiger partial charge on any atom is -0.508 e. The fourth-order valence-electron chi connectivity index (χ4n) is 4.04. The van der Waals surface area contributed by atoms with E-state index in [1.165, 1.54) is 31.4 Å². The molecular formula is C28H16ClF3N2O4. The van der Waals surface area contributed by atoms with Crippen LogP contribution >= 0.6 is 11.6 Å². The van der Waals surface area contributed by atoms with E-state index in [1.54, 1.807) is 42.5 Å². The standard InChI is InChI=1S/C28H16ClF3N2O4/c1-38-28(37)16-4-2-15(3-5-16)26-19-11-8-17(14-6-9-18(35)10-7-14)12-22(19)34(33-26)27(36)20-13-21(29)24(31)25(32)23(20)30/h2-13,35H,1H3. The van der Waals surface area contributed by atoms with Crippen LogP contribution in [0, 0.1) is 17.5 Å². The Labute approximate surface area is 218 Å². The third-order valence-corrected chi connectivity index (χ3v) is 6.26. The van der Waals surface area contributed by atoms with Gasteiger partial charge in [0.05, 0.1) is 28.8 Å². The SMILES string of the molecule is COC(=O)c1ccc(-c2nn(C(=O)c3cc(Cl)c(F)c(F)c3F)c3cc(-c4ccc(O)cc4)ccc23)cc1. The second-order valence-electron chi connectivity index (χ2n) is 8.26. The molecule has 6 nitrogen and oxygen atoms in total. The van der Waals surface area contributed by atoms with Gasteiger partial charge in [0, 0.05) is 10.9 Å². The van der Waals surface area contributed by atoms with Gasteiger partial charge in [-0.1, -0.05) is 41.9 Å². The predicted octanol–water partition coefficient (Wildman–Crippen LogP) is 6.62. The lowest BCUT2D eigenvalue weighted by Gasteiger charge is -2.08. The number of phenolic OH excluding ortho intramolecular Hbond substituents is 1. The van der Waals surface area contributed by atoms with Gasteiger partial charge in [-0.25, -0.2) is 18.0 Å². The van der Waals surface area contributed by atoms with Gasteiger partial charge in [0.2, 0.25) is 0 Å². The topological polar surface area (TPSA) is 81.4 Å². The molecule has 0 fully saturated rings. The lowest BCUT2D eigenvalue weighted by Crippen LogP contribution is -2.17. The molecular weight excluding hydrogens is 521 g/mol. The van der Waals surface area contributed by atoms with Crippen LogP contribution in [0.1, 0.15) is 20.7 Å². The highest BCUT2D eigenvalue weighted by Gasteiger charge is 2.26. The monoisotopic (exact) mass is 536 g/mol. The number of aromatic nitrogens is 2. The Bertz CT molecular complexity index is 1730. The number of carbonyl (C=O) groups excluding carboxylic acids is 2. The molecule has 0 unspecified atom stereocenters.